The Kier molecular flexibility index (Phi) is 12.1. The number of amidine groups is 1. The second kappa shape index (κ2) is 17.7. The van der Waals surface area contributed by atoms with Gasteiger partial charge >= 0.3 is 0 Å². The maximum Gasteiger partial charge on any atom is 0.268 e. The molecule has 1 saturated heterocycles. The monoisotopic (exact) mass is 820 g/mol. The molecule has 1 aromatic carbocycles. The van der Waals surface area contributed by atoms with E-state index in [2.05, 4.69) is 62.8 Å². The van der Waals surface area contributed by atoms with Gasteiger partial charge in [0.1, 0.15) is 17.2 Å². The Morgan fingerprint density at radius 2 is 1.75 bits per heavy atom. The number of benzene rings is 1. The van der Waals surface area contributed by atoms with Crippen molar-refractivity contribution in [3.8, 4) is 0 Å². The van der Waals surface area contributed by atoms with Gasteiger partial charge in [0.15, 0.2) is 5.17 Å². The van der Waals surface area contributed by atoms with Gasteiger partial charge in [-0.2, -0.15) is 4.98 Å². The van der Waals surface area contributed by atoms with Crippen LogP contribution in [0.25, 0.3) is 11.0 Å². The number of nitrogens with zero attached hydrogens (tertiary/aromatic N) is 7. The van der Waals surface area contributed by atoms with Crippen LogP contribution in [0.15, 0.2) is 59.9 Å². The van der Waals surface area contributed by atoms with E-state index < -0.39 is 0 Å². The fourth-order valence-corrected chi connectivity index (χ4v) is 9.36. The van der Waals surface area contributed by atoms with Crippen LogP contribution >= 0.6 is 11.8 Å². The van der Waals surface area contributed by atoms with Crippen LogP contribution in [0.4, 0.5) is 23.1 Å². The third-order valence-corrected chi connectivity index (χ3v) is 13.0. The Hall–Kier alpha value is -5.55. The van der Waals surface area contributed by atoms with Crippen molar-refractivity contribution in [2.24, 2.45) is 4.99 Å². The minimum atomic E-state index is -0.306. The smallest absolute Gasteiger partial charge is 0.268 e. The number of amides is 4. The zero-order chi connectivity index (χ0) is 40.9. The van der Waals surface area contributed by atoms with Gasteiger partial charge in [0.2, 0.25) is 17.8 Å². The summed E-state index contributed by atoms with van der Waals surface area (Å²) in [5, 5.41) is 16.8. The zero-order valence-electron chi connectivity index (χ0n) is 33.6. The molecule has 0 bridgehead atoms. The number of anilines is 4. The molecule has 16 nitrogen and oxygen atoms in total. The summed E-state index contributed by atoms with van der Waals surface area (Å²) >= 11 is 1.53. The number of piperazine rings is 1. The molecule has 2 unspecified atom stereocenters. The number of fused-ring (bicyclic) bond motifs is 4. The Labute approximate surface area is 347 Å². The van der Waals surface area contributed by atoms with E-state index in [4.69, 9.17) is 4.98 Å². The first-order valence-electron chi connectivity index (χ1n) is 20.7. The molecule has 4 aliphatic rings. The third-order valence-electron chi connectivity index (χ3n) is 11.8. The topological polar surface area (TPSA) is 191 Å². The molecule has 6 heterocycles. The van der Waals surface area contributed by atoms with Crippen molar-refractivity contribution in [1.82, 2.24) is 40.4 Å². The Morgan fingerprint density at radius 1 is 0.932 bits per heavy atom. The number of hydrogen-bond acceptors (Lipinski definition) is 12. The van der Waals surface area contributed by atoms with E-state index in [0.717, 1.165) is 68.6 Å². The van der Waals surface area contributed by atoms with Crippen molar-refractivity contribution in [2.45, 2.75) is 82.0 Å². The van der Waals surface area contributed by atoms with Crippen LogP contribution in [0.5, 0.6) is 0 Å². The first kappa shape index (κ1) is 40.2. The first-order valence-corrected chi connectivity index (χ1v) is 21.6. The van der Waals surface area contributed by atoms with E-state index in [1.165, 1.54) is 18.2 Å². The molecule has 1 saturated carbocycles. The van der Waals surface area contributed by atoms with Gasteiger partial charge in [-0.05, 0) is 62.9 Å². The third kappa shape index (κ3) is 9.20. The largest absolute Gasteiger partial charge is 0.368 e. The van der Waals surface area contributed by atoms with E-state index >= 15 is 0 Å². The summed E-state index contributed by atoms with van der Waals surface area (Å²) in [4.78, 5) is 74.2. The van der Waals surface area contributed by atoms with Crippen molar-refractivity contribution < 1.29 is 19.2 Å². The summed E-state index contributed by atoms with van der Waals surface area (Å²) in [6.07, 6.45) is 10.7. The molecule has 3 aliphatic heterocycles. The van der Waals surface area contributed by atoms with Crippen molar-refractivity contribution in [2.75, 3.05) is 61.3 Å². The molecule has 0 radical (unpaired) electrons. The quantitative estimate of drug-likeness (QED) is 0.125. The number of carbonyl (C=O) groups is 4. The predicted octanol–water partition coefficient (Wildman–Crippen LogP) is 4.63. The maximum absolute atomic E-state index is 12.9. The van der Waals surface area contributed by atoms with Gasteiger partial charge in [-0.25, -0.2) is 9.97 Å². The maximum atomic E-state index is 12.9. The number of nitrogens with one attached hydrogen (secondary N) is 5. The van der Waals surface area contributed by atoms with Crippen molar-refractivity contribution >= 4 is 74.7 Å². The van der Waals surface area contributed by atoms with Crippen LogP contribution in [-0.4, -0.2) is 110 Å². The number of aromatic nitrogens is 4. The second-order valence-electron chi connectivity index (χ2n) is 15.9. The highest BCUT2D eigenvalue weighted by Gasteiger charge is 2.41. The highest BCUT2D eigenvalue weighted by Crippen LogP contribution is 2.40. The number of thioether (sulfide) groups is 1. The first-order chi connectivity index (χ1) is 28.6. The Balaban J connectivity index is 0.745. The van der Waals surface area contributed by atoms with Crippen LogP contribution in [0.3, 0.4) is 0 Å². The minimum Gasteiger partial charge on any atom is -0.368 e. The summed E-state index contributed by atoms with van der Waals surface area (Å²) in [6, 6.07) is 12.9. The number of para-hydroxylation sites is 1. The van der Waals surface area contributed by atoms with Crippen LogP contribution in [0.2, 0.25) is 0 Å². The van der Waals surface area contributed by atoms with Gasteiger partial charge in [-0.3, -0.25) is 29.1 Å². The van der Waals surface area contributed by atoms with Gasteiger partial charge in [0, 0.05) is 62.5 Å². The molecular weight excluding hydrogens is 769 g/mol. The number of unbranched alkanes of at least 4 members (excludes halogenated alkanes) is 1. The van der Waals surface area contributed by atoms with Gasteiger partial charge in [0.25, 0.3) is 11.8 Å². The van der Waals surface area contributed by atoms with Crippen LogP contribution in [0, 0.1) is 0 Å². The van der Waals surface area contributed by atoms with Crippen molar-refractivity contribution in [3.05, 3.63) is 66.1 Å². The standard InChI is InChI=1S/C42H52N12O4S/c1-27-28(2)59-41(47-27)51-38(57)31-10-4-5-11-32(31)48-35(55)12-6-9-17-43-36(56)25-52-18-20-53(21-19-52)30-13-14-34(44-24-30)49-40-45-23-29-22-33-39(58)46-26-42(15-7-3-8-16-42)54(33)37(29)50-40/h4-5,10-11,13-14,22-24,27-28H,3,6-9,12,15-21,25-26H2,1-2H3,(H,43,56)(H,46,58)(H,48,55)(H,47,51,57)(H,44,45,49,50). The molecule has 5 N–H and O–H groups in total. The fourth-order valence-electron chi connectivity index (χ4n) is 8.37. The van der Waals surface area contributed by atoms with Gasteiger partial charge in [-0.15, -0.1) is 0 Å². The SMILES string of the molecule is CC1N=C(NC(=O)c2ccccc2NC(=O)CCCCNC(=O)CN2CCN(c3ccc(Nc4ncc5cc6n(c5n4)C4(CCCCC4)CNC6=O)nc3)CC2)SC1C. The molecule has 2 fully saturated rings. The summed E-state index contributed by atoms with van der Waals surface area (Å²) in [6.45, 7) is 8.53. The number of carbonyl (C=O) groups excluding carboxylic acids is 4. The average molecular weight is 821 g/mol. The van der Waals surface area contributed by atoms with Crippen LogP contribution < -0.4 is 31.5 Å². The van der Waals surface area contributed by atoms with E-state index in [1.54, 1.807) is 30.5 Å². The lowest BCUT2D eigenvalue weighted by molar-refractivity contribution is -0.122. The normalized spacial score (nSPS) is 20.1. The van der Waals surface area contributed by atoms with Gasteiger partial charge < -0.3 is 36.1 Å². The zero-order valence-corrected chi connectivity index (χ0v) is 34.4. The molecule has 59 heavy (non-hydrogen) atoms. The minimum absolute atomic E-state index is 0.0352. The fraction of sp³-hybridized carbons (Fsp3) is 0.476. The molecule has 1 aliphatic carbocycles. The van der Waals surface area contributed by atoms with E-state index in [0.29, 0.717) is 71.6 Å². The number of rotatable bonds is 12. The number of pyridine rings is 1. The lowest BCUT2D eigenvalue weighted by Crippen LogP contribution is -2.52. The molecular formula is C42H52N12O4S. The van der Waals surface area contributed by atoms with Crippen molar-refractivity contribution in [3.63, 3.8) is 0 Å². The lowest BCUT2D eigenvalue weighted by atomic mass is 9.80. The Bertz CT molecular complexity index is 2230. The molecule has 8 rings (SSSR count). The highest BCUT2D eigenvalue weighted by atomic mass is 32.2. The molecule has 4 aromatic rings. The van der Waals surface area contributed by atoms with E-state index in [-0.39, 0.29) is 41.6 Å². The summed E-state index contributed by atoms with van der Waals surface area (Å²) in [7, 11) is 0. The molecule has 2 atom stereocenters. The lowest BCUT2D eigenvalue weighted by Gasteiger charge is -2.42. The Morgan fingerprint density at radius 3 is 2.51 bits per heavy atom. The average Bonchev–Trinajstić information content (AvgIpc) is 3.79. The molecule has 310 valence electrons. The molecule has 17 heteroatoms. The molecule has 1 spiro atoms. The van der Waals surface area contributed by atoms with Gasteiger partial charge in [0.05, 0.1) is 41.3 Å². The predicted molar refractivity (Wildman–Crippen MR) is 230 cm³/mol. The van der Waals surface area contributed by atoms with E-state index in [9.17, 15) is 19.2 Å². The second-order valence-corrected chi connectivity index (χ2v) is 17.3. The summed E-state index contributed by atoms with van der Waals surface area (Å²) in [5.41, 5.74) is 3.12. The van der Waals surface area contributed by atoms with E-state index in [1.807, 2.05) is 31.3 Å². The summed E-state index contributed by atoms with van der Waals surface area (Å²) in [5.74, 6) is 0.476. The highest BCUT2D eigenvalue weighted by molar-refractivity contribution is 8.14. The molecule has 4 amide bonds. The summed E-state index contributed by atoms with van der Waals surface area (Å²) < 4.78 is 2.16. The van der Waals surface area contributed by atoms with Crippen LogP contribution in [0.1, 0.15) is 86.1 Å². The van der Waals surface area contributed by atoms with Gasteiger partial charge in [-0.1, -0.05) is 50.1 Å². The number of aliphatic imine (C=N–C) groups is 1. The number of hydrogen-bond donors (Lipinski definition) is 5. The molecule has 3 aromatic heterocycles. The van der Waals surface area contributed by atoms with Crippen LogP contribution in [-0.2, 0) is 15.1 Å². The van der Waals surface area contributed by atoms with Crippen molar-refractivity contribution in [1.29, 1.82) is 0 Å².